The zero-order valence-electron chi connectivity index (χ0n) is 17.7. The summed E-state index contributed by atoms with van der Waals surface area (Å²) in [7, 11) is 3.40. The van der Waals surface area contributed by atoms with Crippen LogP contribution in [0.15, 0.2) is 48.5 Å². The molecule has 3 amide bonds. The van der Waals surface area contributed by atoms with Crippen molar-refractivity contribution >= 4 is 17.7 Å². The Kier molecular flexibility index (Phi) is 7.53. The van der Waals surface area contributed by atoms with Gasteiger partial charge in [0, 0.05) is 31.8 Å². The van der Waals surface area contributed by atoms with Crippen LogP contribution in [0, 0.1) is 12.8 Å². The van der Waals surface area contributed by atoms with Crippen LogP contribution in [0.5, 0.6) is 0 Å². The average Bonchev–Trinajstić information content (AvgIpc) is 2.70. The van der Waals surface area contributed by atoms with E-state index in [1.165, 1.54) is 4.90 Å². The summed E-state index contributed by atoms with van der Waals surface area (Å²) in [5.41, 5.74) is 3.06. The van der Waals surface area contributed by atoms with Gasteiger partial charge in [0.2, 0.25) is 5.91 Å². The molecule has 0 aliphatic rings. The molecular weight excluding hydrogens is 366 g/mol. The molecule has 2 N–H and O–H groups in total. The number of rotatable bonds is 7. The fourth-order valence-electron chi connectivity index (χ4n) is 2.79. The van der Waals surface area contributed by atoms with Gasteiger partial charge in [-0.05, 0) is 42.7 Å². The molecule has 0 bridgehead atoms. The zero-order chi connectivity index (χ0) is 21.6. The molecule has 0 saturated heterocycles. The zero-order valence-corrected chi connectivity index (χ0v) is 17.7. The van der Waals surface area contributed by atoms with Crippen LogP contribution >= 0.6 is 0 Å². The van der Waals surface area contributed by atoms with Crippen molar-refractivity contribution in [3.05, 3.63) is 70.8 Å². The molecule has 0 spiro atoms. The number of hydrogen-bond donors (Lipinski definition) is 2. The minimum atomic E-state index is -0.640. The van der Waals surface area contributed by atoms with E-state index < -0.39 is 6.04 Å². The molecule has 0 saturated carbocycles. The SMILES string of the molecule is Cc1ccc(C(=O)NC(C(=O)NCc2ccc(C(=O)N(C)C)cc2)C(C)C)cc1. The van der Waals surface area contributed by atoms with Crippen LogP contribution < -0.4 is 10.6 Å². The second-order valence-electron chi connectivity index (χ2n) is 7.68. The van der Waals surface area contributed by atoms with Gasteiger partial charge in [0.1, 0.15) is 6.04 Å². The van der Waals surface area contributed by atoms with Crippen molar-refractivity contribution in [3.63, 3.8) is 0 Å². The summed E-state index contributed by atoms with van der Waals surface area (Å²) in [5, 5.41) is 5.69. The summed E-state index contributed by atoms with van der Waals surface area (Å²) < 4.78 is 0. The van der Waals surface area contributed by atoms with Crippen LogP contribution in [0.3, 0.4) is 0 Å². The van der Waals surface area contributed by atoms with Crippen LogP contribution in [0.4, 0.5) is 0 Å². The number of hydrogen-bond acceptors (Lipinski definition) is 3. The number of aryl methyl sites for hydroxylation is 1. The van der Waals surface area contributed by atoms with Gasteiger partial charge in [0.15, 0.2) is 0 Å². The number of carbonyl (C=O) groups is 3. The Bertz CT molecular complexity index is 856. The van der Waals surface area contributed by atoms with Crippen molar-refractivity contribution in [1.82, 2.24) is 15.5 Å². The van der Waals surface area contributed by atoms with Gasteiger partial charge >= 0.3 is 0 Å². The van der Waals surface area contributed by atoms with Gasteiger partial charge in [0.25, 0.3) is 11.8 Å². The normalized spacial score (nSPS) is 11.7. The Morgan fingerprint density at radius 1 is 0.897 bits per heavy atom. The molecule has 6 nitrogen and oxygen atoms in total. The molecule has 1 unspecified atom stereocenters. The van der Waals surface area contributed by atoms with Crippen molar-refractivity contribution in [3.8, 4) is 0 Å². The largest absolute Gasteiger partial charge is 0.350 e. The first-order valence-electron chi connectivity index (χ1n) is 9.65. The quantitative estimate of drug-likeness (QED) is 0.757. The third-order valence-corrected chi connectivity index (χ3v) is 4.62. The van der Waals surface area contributed by atoms with Gasteiger partial charge in [-0.1, -0.05) is 43.7 Å². The van der Waals surface area contributed by atoms with E-state index in [0.717, 1.165) is 11.1 Å². The highest BCUT2D eigenvalue weighted by atomic mass is 16.2. The van der Waals surface area contributed by atoms with Crippen molar-refractivity contribution in [2.45, 2.75) is 33.4 Å². The fourth-order valence-corrected chi connectivity index (χ4v) is 2.79. The van der Waals surface area contributed by atoms with E-state index in [1.807, 2.05) is 45.0 Å². The summed E-state index contributed by atoms with van der Waals surface area (Å²) in [6.07, 6.45) is 0. The first-order valence-corrected chi connectivity index (χ1v) is 9.65. The van der Waals surface area contributed by atoms with Gasteiger partial charge in [-0.3, -0.25) is 14.4 Å². The van der Waals surface area contributed by atoms with E-state index in [4.69, 9.17) is 0 Å². The number of carbonyl (C=O) groups excluding carboxylic acids is 3. The van der Waals surface area contributed by atoms with E-state index in [2.05, 4.69) is 10.6 Å². The molecule has 2 aromatic rings. The molecule has 0 heterocycles. The maximum Gasteiger partial charge on any atom is 0.253 e. The molecule has 0 radical (unpaired) electrons. The van der Waals surface area contributed by atoms with Crippen molar-refractivity contribution in [2.75, 3.05) is 14.1 Å². The van der Waals surface area contributed by atoms with E-state index in [9.17, 15) is 14.4 Å². The van der Waals surface area contributed by atoms with Crippen LogP contribution in [-0.2, 0) is 11.3 Å². The third-order valence-electron chi connectivity index (χ3n) is 4.62. The molecule has 2 aromatic carbocycles. The highest BCUT2D eigenvalue weighted by molar-refractivity contribution is 5.97. The highest BCUT2D eigenvalue weighted by Crippen LogP contribution is 2.09. The van der Waals surface area contributed by atoms with E-state index in [1.54, 1.807) is 38.4 Å². The van der Waals surface area contributed by atoms with E-state index in [0.29, 0.717) is 17.7 Å². The summed E-state index contributed by atoms with van der Waals surface area (Å²) in [4.78, 5) is 38.6. The second-order valence-corrected chi connectivity index (χ2v) is 7.68. The highest BCUT2D eigenvalue weighted by Gasteiger charge is 2.24. The lowest BCUT2D eigenvalue weighted by molar-refractivity contribution is -0.124. The molecule has 0 aliphatic carbocycles. The topological polar surface area (TPSA) is 78.5 Å². The van der Waals surface area contributed by atoms with E-state index >= 15 is 0 Å². The van der Waals surface area contributed by atoms with Gasteiger partial charge in [-0.15, -0.1) is 0 Å². The predicted octanol–water partition coefficient (Wildman–Crippen LogP) is 2.77. The standard InChI is InChI=1S/C23H29N3O3/c1-15(2)20(25-21(27)18-10-6-16(3)7-11-18)22(28)24-14-17-8-12-19(13-9-17)23(29)26(4)5/h6-13,15,20H,14H2,1-5H3,(H,24,28)(H,25,27). The Morgan fingerprint density at radius 3 is 1.97 bits per heavy atom. The lowest BCUT2D eigenvalue weighted by atomic mass is 10.0. The second kappa shape index (κ2) is 9.87. The molecule has 0 aromatic heterocycles. The molecule has 1 atom stereocenters. The number of nitrogens with one attached hydrogen (secondary N) is 2. The monoisotopic (exact) mass is 395 g/mol. The number of nitrogens with zero attached hydrogens (tertiary/aromatic N) is 1. The summed E-state index contributed by atoms with van der Waals surface area (Å²) >= 11 is 0. The van der Waals surface area contributed by atoms with Gasteiger partial charge in [-0.2, -0.15) is 0 Å². The molecular formula is C23H29N3O3. The Labute approximate surface area is 172 Å². The Balaban J connectivity index is 1.98. The molecule has 2 rings (SSSR count). The summed E-state index contributed by atoms with van der Waals surface area (Å²) in [6, 6.07) is 13.7. The van der Waals surface area contributed by atoms with Crippen molar-refractivity contribution in [2.24, 2.45) is 5.92 Å². The maximum atomic E-state index is 12.7. The molecule has 29 heavy (non-hydrogen) atoms. The van der Waals surface area contributed by atoms with Gasteiger partial charge in [-0.25, -0.2) is 0 Å². The lowest BCUT2D eigenvalue weighted by Gasteiger charge is -2.22. The van der Waals surface area contributed by atoms with Gasteiger partial charge in [0.05, 0.1) is 0 Å². The average molecular weight is 396 g/mol. The molecule has 154 valence electrons. The van der Waals surface area contributed by atoms with Crippen LogP contribution in [0.2, 0.25) is 0 Å². The molecule has 0 aliphatic heterocycles. The number of amides is 3. The summed E-state index contributed by atoms with van der Waals surface area (Å²) in [5.74, 6) is -0.650. The predicted molar refractivity (Wildman–Crippen MR) is 114 cm³/mol. The van der Waals surface area contributed by atoms with E-state index in [-0.39, 0.29) is 23.6 Å². The smallest absolute Gasteiger partial charge is 0.253 e. The maximum absolute atomic E-state index is 12.7. The van der Waals surface area contributed by atoms with Crippen molar-refractivity contribution < 1.29 is 14.4 Å². The third kappa shape index (κ3) is 6.17. The Morgan fingerprint density at radius 2 is 1.45 bits per heavy atom. The number of benzene rings is 2. The van der Waals surface area contributed by atoms with Crippen LogP contribution in [0.1, 0.15) is 45.7 Å². The minimum Gasteiger partial charge on any atom is -0.350 e. The molecule has 0 fully saturated rings. The molecule has 6 heteroatoms. The van der Waals surface area contributed by atoms with Gasteiger partial charge < -0.3 is 15.5 Å². The van der Waals surface area contributed by atoms with Crippen LogP contribution in [-0.4, -0.2) is 42.8 Å². The first-order chi connectivity index (χ1) is 13.7. The Hall–Kier alpha value is -3.15. The fraction of sp³-hybridized carbons (Fsp3) is 0.348. The summed E-state index contributed by atoms with van der Waals surface area (Å²) in [6.45, 7) is 6.05. The van der Waals surface area contributed by atoms with Crippen molar-refractivity contribution in [1.29, 1.82) is 0 Å². The first kappa shape index (κ1) is 22.1. The van der Waals surface area contributed by atoms with Crippen LogP contribution in [0.25, 0.3) is 0 Å². The minimum absolute atomic E-state index is 0.0653. The lowest BCUT2D eigenvalue weighted by Crippen LogP contribution is -2.49.